The van der Waals surface area contributed by atoms with E-state index in [0.29, 0.717) is 16.5 Å². The highest BCUT2D eigenvalue weighted by atomic mass is 32.1. The monoisotopic (exact) mass is 251 g/mol. The molecule has 0 aliphatic heterocycles. The Balaban J connectivity index is 2.11. The van der Waals surface area contributed by atoms with Crippen LogP contribution >= 0.6 is 11.3 Å². The zero-order valence-electron chi connectivity index (χ0n) is 9.56. The summed E-state index contributed by atoms with van der Waals surface area (Å²) in [5, 5.41) is 5.09. The summed E-state index contributed by atoms with van der Waals surface area (Å²) in [6.07, 6.45) is 1.49. The van der Waals surface area contributed by atoms with E-state index in [1.165, 1.54) is 17.6 Å². The molecule has 1 amide bonds. The molecule has 0 spiro atoms. The molecule has 0 radical (unpaired) electrons. The summed E-state index contributed by atoms with van der Waals surface area (Å²) in [4.78, 5) is 16.1. The molecule has 5 nitrogen and oxygen atoms in total. The highest BCUT2D eigenvalue weighted by Gasteiger charge is 2.13. The third-order valence-corrected chi connectivity index (χ3v) is 3.09. The Labute approximate surface area is 103 Å². The number of carbonyl (C=O) groups excluding carboxylic acids is 1. The van der Waals surface area contributed by atoms with Crippen molar-refractivity contribution in [1.29, 1.82) is 0 Å². The Bertz CT molecular complexity index is 530. The first kappa shape index (κ1) is 11.8. The van der Waals surface area contributed by atoms with Gasteiger partial charge in [0.05, 0.1) is 17.5 Å². The molecule has 17 heavy (non-hydrogen) atoms. The number of anilines is 1. The third kappa shape index (κ3) is 2.54. The molecule has 90 valence electrons. The Morgan fingerprint density at radius 2 is 2.41 bits per heavy atom. The van der Waals surface area contributed by atoms with E-state index in [0.717, 1.165) is 5.69 Å². The van der Waals surface area contributed by atoms with Crippen LogP contribution in [0.3, 0.4) is 0 Å². The van der Waals surface area contributed by atoms with Crippen LogP contribution < -0.4 is 11.1 Å². The molecule has 0 aromatic carbocycles. The number of amides is 1. The van der Waals surface area contributed by atoms with E-state index in [1.54, 1.807) is 13.0 Å². The highest BCUT2D eigenvalue weighted by Crippen LogP contribution is 2.20. The van der Waals surface area contributed by atoms with Gasteiger partial charge in [0, 0.05) is 11.4 Å². The summed E-state index contributed by atoms with van der Waals surface area (Å²) < 4.78 is 5.07. The van der Waals surface area contributed by atoms with E-state index in [2.05, 4.69) is 10.3 Å². The van der Waals surface area contributed by atoms with Gasteiger partial charge in [0.25, 0.3) is 5.91 Å². The molecule has 1 unspecified atom stereocenters. The van der Waals surface area contributed by atoms with Gasteiger partial charge < -0.3 is 10.2 Å². The van der Waals surface area contributed by atoms with Gasteiger partial charge >= 0.3 is 0 Å². The maximum Gasteiger partial charge on any atom is 0.260 e. The Morgan fingerprint density at radius 1 is 1.65 bits per heavy atom. The SMILES string of the molecule is Cc1occc1C(=O)Nc1nc(C(C)N)cs1. The fourth-order valence-corrected chi connectivity index (χ4v) is 2.15. The number of thiazole rings is 1. The average molecular weight is 251 g/mol. The minimum absolute atomic E-state index is 0.132. The van der Waals surface area contributed by atoms with E-state index in [4.69, 9.17) is 10.2 Å². The van der Waals surface area contributed by atoms with Crippen LogP contribution in [0.25, 0.3) is 0 Å². The molecule has 6 heteroatoms. The van der Waals surface area contributed by atoms with Crippen LogP contribution in [0.1, 0.15) is 34.8 Å². The summed E-state index contributed by atoms with van der Waals surface area (Å²) in [7, 11) is 0. The van der Waals surface area contributed by atoms with Gasteiger partial charge in [-0.1, -0.05) is 0 Å². The van der Waals surface area contributed by atoms with Crippen molar-refractivity contribution in [1.82, 2.24) is 4.98 Å². The lowest BCUT2D eigenvalue weighted by molar-refractivity contribution is 0.102. The van der Waals surface area contributed by atoms with Gasteiger partial charge in [0.1, 0.15) is 5.76 Å². The van der Waals surface area contributed by atoms with Crippen molar-refractivity contribution < 1.29 is 9.21 Å². The molecule has 2 heterocycles. The number of rotatable bonds is 3. The van der Waals surface area contributed by atoms with Gasteiger partial charge in [-0.05, 0) is 19.9 Å². The number of hydrogen-bond donors (Lipinski definition) is 2. The number of hydrogen-bond acceptors (Lipinski definition) is 5. The van der Waals surface area contributed by atoms with Crippen LogP contribution in [0.2, 0.25) is 0 Å². The lowest BCUT2D eigenvalue weighted by Crippen LogP contribution is -2.12. The molecule has 2 rings (SSSR count). The van der Waals surface area contributed by atoms with E-state index in [-0.39, 0.29) is 11.9 Å². The van der Waals surface area contributed by atoms with E-state index in [1.807, 2.05) is 12.3 Å². The number of aromatic nitrogens is 1. The summed E-state index contributed by atoms with van der Waals surface area (Å²) in [5.41, 5.74) is 6.98. The molecule has 2 aromatic heterocycles. The maximum absolute atomic E-state index is 11.8. The van der Waals surface area contributed by atoms with Crippen molar-refractivity contribution in [3.8, 4) is 0 Å². The predicted octanol–water partition coefficient (Wildman–Crippen LogP) is 2.32. The van der Waals surface area contributed by atoms with Crippen molar-refractivity contribution in [3.63, 3.8) is 0 Å². The van der Waals surface area contributed by atoms with Gasteiger partial charge in [-0.15, -0.1) is 11.3 Å². The number of nitrogens with two attached hydrogens (primary N) is 1. The molecule has 0 saturated heterocycles. The summed E-state index contributed by atoms with van der Waals surface area (Å²) in [6, 6.07) is 1.50. The summed E-state index contributed by atoms with van der Waals surface area (Å²) >= 11 is 1.36. The standard InChI is InChI=1S/C11H13N3O2S/c1-6(12)9-5-17-11(13-9)14-10(15)8-3-4-16-7(8)2/h3-6H,12H2,1-2H3,(H,13,14,15). The fraction of sp³-hybridized carbons (Fsp3) is 0.273. The fourth-order valence-electron chi connectivity index (χ4n) is 1.34. The largest absolute Gasteiger partial charge is 0.469 e. The molecule has 0 aliphatic rings. The first-order chi connectivity index (χ1) is 8.08. The maximum atomic E-state index is 11.8. The van der Waals surface area contributed by atoms with E-state index in [9.17, 15) is 4.79 Å². The molecular formula is C11H13N3O2S. The molecule has 0 saturated carbocycles. The molecule has 0 bridgehead atoms. The van der Waals surface area contributed by atoms with Gasteiger partial charge in [0.2, 0.25) is 0 Å². The zero-order valence-corrected chi connectivity index (χ0v) is 10.4. The number of furan rings is 1. The summed E-state index contributed by atoms with van der Waals surface area (Å²) in [5.74, 6) is 0.369. The highest BCUT2D eigenvalue weighted by molar-refractivity contribution is 7.14. The smallest absolute Gasteiger partial charge is 0.260 e. The number of nitrogens with zero attached hydrogens (tertiary/aromatic N) is 1. The number of aryl methyl sites for hydroxylation is 1. The Hall–Kier alpha value is -1.66. The normalized spacial score (nSPS) is 12.4. The second-order valence-electron chi connectivity index (χ2n) is 3.71. The van der Waals surface area contributed by atoms with Gasteiger partial charge in [-0.2, -0.15) is 0 Å². The second-order valence-corrected chi connectivity index (χ2v) is 4.57. The van der Waals surface area contributed by atoms with Crippen LogP contribution in [0.15, 0.2) is 22.1 Å². The van der Waals surface area contributed by atoms with Crippen LogP contribution in [0.5, 0.6) is 0 Å². The second kappa shape index (κ2) is 4.68. The summed E-state index contributed by atoms with van der Waals surface area (Å²) in [6.45, 7) is 3.59. The lowest BCUT2D eigenvalue weighted by Gasteiger charge is -2.00. The Kier molecular flexibility index (Phi) is 3.26. The van der Waals surface area contributed by atoms with Gasteiger partial charge in [-0.3, -0.25) is 10.1 Å². The Morgan fingerprint density at radius 3 is 2.94 bits per heavy atom. The lowest BCUT2D eigenvalue weighted by atomic mass is 10.2. The van der Waals surface area contributed by atoms with Crippen molar-refractivity contribution in [3.05, 3.63) is 34.7 Å². The van der Waals surface area contributed by atoms with Gasteiger partial charge in [0.15, 0.2) is 5.13 Å². The van der Waals surface area contributed by atoms with Crippen LogP contribution in [-0.2, 0) is 0 Å². The minimum Gasteiger partial charge on any atom is -0.469 e. The first-order valence-electron chi connectivity index (χ1n) is 5.14. The molecule has 1 atom stereocenters. The van der Waals surface area contributed by atoms with Crippen LogP contribution in [0, 0.1) is 6.92 Å². The van der Waals surface area contributed by atoms with Crippen LogP contribution in [-0.4, -0.2) is 10.9 Å². The predicted molar refractivity (Wildman–Crippen MR) is 66.1 cm³/mol. The minimum atomic E-state index is -0.221. The zero-order chi connectivity index (χ0) is 12.4. The average Bonchev–Trinajstić information content (AvgIpc) is 2.86. The van der Waals surface area contributed by atoms with Crippen molar-refractivity contribution >= 4 is 22.4 Å². The van der Waals surface area contributed by atoms with Crippen molar-refractivity contribution in [2.24, 2.45) is 5.73 Å². The van der Waals surface area contributed by atoms with E-state index < -0.39 is 0 Å². The molecule has 0 fully saturated rings. The molecule has 3 N–H and O–H groups in total. The van der Waals surface area contributed by atoms with Crippen molar-refractivity contribution in [2.75, 3.05) is 5.32 Å². The quantitative estimate of drug-likeness (QED) is 0.877. The molecular weight excluding hydrogens is 238 g/mol. The van der Waals surface area contributed by atoms with E-state index >= 15 is 0 Å². The third-order valence-electron chi connectivity index (χ3n) is 2.31. The molecule has 2 aromatic rings. The number of nitrogens with one attached hydrogen (secondary N) is 1. The molecule has 0 aliphatic carbocycles. The van der Waals surface area contributed by atoms with Crippen LogP contribution in [0.4, 0.5) is 5.13 Å². The first-order valence-corrected chi connectivity index (χ1v) is 6.02. The van der Waals surface area contributed by atoms with Crippen molar-refractivity contribution in [2.45, 2.75) is 19.9 Å². The number of carbonyl (C=O) groups is 1. The van der Waals surface area contributed by atoms with Gasteiger partial charge in [-0.25, -0.2) is 4.98 Å². The topological polar surface area (TPSA) is 81.2 Å².